The minimum atomic E-state index is -3.24. The fourth-order valence-electron chi connectivity index (χ4n) is 1.13. The Hall–Kier alpha value is -0.430. The van der Waals surface area contributed by atoms with Gasteiger partial charge in [-0.15, -0.1) is 0 Å². The normalized spacial score (nSPS) is 11.6. The maximum Gasteiger partial charge on any atom is 0.175 e. The van der Waals surface area contributed by atoms with Gasteiger partial charge in [-0.3, -0.25) is 0 Å². The lowest BCUT2D eigenvalue weighted by molar-refractivity contribution is 0.160. The Kier molecular flexibility index (Phi) is 3.65. The number of hydrogen-bond donors (Lipinski definition) is 2. The summed E-state index contributed by atoms with van der Waals surface area (Å²) >= 11 is 3.23. The molecule has 78 valence electrons. The van der Waals surface area contributed by atoms with Gasteiger partial charge in [0.15, 0.2) is 9.84 Å². The zero-order chi connectivity index (χ0) is 10.8. The summed E-state index contributed by atoms with van der Waals surface area (Å²) in [4.78, 5) is 0.224. The van der Waals surface area contributed by atoms with Crippen molar-refractivity contribution in [1.29, 1.82) is 0 Å². The average molecular weight is 280 g/mol. The average Bonchev–Trinajstić information content (AvgIpc) is 2.02. The zero-order valence-electron chi connectivity index (χ0n) is 7.49. The maximum atomic E-state index is 11.3. The number of benzene rings is 1. The second-order valence-corrected chi connectivity index (χ2v) is 5.76. The molecule has 1 rings (SSSR count). The number of hydrogen-bond acceptors (Lipinski definition) is 4. The van der Waals surface area contributed by atoms with Gasteiger partial charge in [0.25, 0.3) is 0 Å². The van der Waals surface area contributed by atoms with Crippen molar-refractivity contribution in [3.8, 4) is 0 Å². The van der Waals surface area contributed by atoms with Gasteiger partial charge in [-0.05, 0) is 23.8 Å². The molecule has 6 heteroatoms. The predicted octanol–water partition coefficient (Wildman–Crippen LogP) is 1.33. The first kappa shape index (κ1) is 11.6. The summed E-state index contributed by atoms with van der Waals surface area (Å²) in [5, 5.41) is 8.54. The monoisotopic (exact) mass is 279 g/mol. The Morgan fingerprint density at radius 3 is 2.64 bits per heavy atom. The lowest BCUT2D eigenvalue weighted by Gasteiger charge is -2.07. The van der Waals surface area contributed by atoms with E-state index in [0.29, 0.717) is 5.56 Å². The lowest BCUT2D eigenvalue weighted by atomic mass is 10.2. The Morgan fingerprint density at radius 1 is 1.50 bits per heavy atom. The van der Waals surface area contributed by atoms with Crippen LogP contribution >= 0.6 is 15.9 Å². The quantitative estimate of drug-likeness (QED) is 0.820. The number of halogens is 1. The third-order valence-corrected chi connectivity index (χ3v) is 3.38. The van der Waals surface area contributed by atoms with Crippen molar-refractivity contribution < 1.29 is 13.6 Å². The molecule has 0 aliphatic carbocycles. The van der Waals surface area contributed by atoms with Gasteiger partial charge in [0.1, 0.15) is 0 Å². The Morgan fingerprint density at radius 2 is 2.14 bits per heavy atom. The largest absolute Gasteiger partial charge is 0.316 e. The summed E-state index contributed by atoms with van der Waals surface area (Å²) in [7, 11) is -3.24. The second-order valence-electron chi connectivity index (χ2n) is 2.86. The molecule has 4 nitrogen and oxygen atoms in total. The summed E-state index contributed by atoms with van der Waals surface area (Å²) in [5.41, 5.74) is 2.47. The van der Waals surface area contributed by atoms with E-state index < -0.39 is 9.84 Å². The van der Waals surface area contributed by atoms with Crippen molar-refractivity contribution in [3.63, 3.8) is 0 Å². The van der Waals surface area contributed by atoms with Crippen molar-refractivity contribution in [2.45, 2.75) is 11.4 Å². The fourth-order valence-corrected chi connectivity index (χ4v) is 2.46. The Balaban J connectivity index is 3.29. The maximum absolute atomic E-state index is 11.3. The SMILES string of the molecule is CS(=O)(=O)c1ccc(Br)cc1CNO. The second kappa shape index (κ2) is 4.39. The number of hydroxylamine groups is 1. The van der Waals surface area contributed by atoms with Crippen molar-refractivity contribution in [2.24, 2.45) is 0 Å². The van der Waals surface area contributed by atoms with E-state index in [1.54, 1.807) is 12.1 Å². The topological polar surface area (TPSA) is 66.4 Å². The van der Waals surface area contributed by atoms with Crippen LogP contribution in [0.1, 0.15) is 5.56 Å². The summed E-state index contributed by atoms with van der Waals surface area (Å²) in [5.74, 6) is 0. The van der Waals surface area contributed by atoms with Gasteiger partial charge >= 0.3 is 0 Å². The third kappa shape index (κ3) is 2.78. The van der Waals surface area contributed by atoms with Crippen LogP contribution in [-0.2, 0) is 16.4 Å². The molecule has 2 N–H and O–H groups in total. The molecule has 0 fully saturated rings. The van der Waals surface area contributed by atoms with Crippen molar-refractivity contribution in [1.82, 2.24) is 5.48 Å². The molecule has 0 amide bonds. The predicted molar refractivity (Wildman–Crippen MR) is 55.9 cm³/mol. The van der Waals surface area contributed by atoms with Gasteiger partial charge in [-0.1, -0.05) is 15.9 Å². The molecule has 0 bridgehead atoms. The van der Waals surface area contributed by atoms with Gasteiger partial charge in [-0.25, -0.2) is 13.9 Å². The molecule has 14 heavy (non-hydrogen) atoms. The molecule has 0 heterocycles. The molecule has 0 aliphatic rings. The van der Waals surface area contributed by atoms with Gasteiger partial charge in [0, 0.05) is 17.3 Å². The standard InChI is InChI=1S/C8H10BrNO3S/c1-14(12,13)8-3-2-7(9)4-6(8)5-10-11/h2-4,10-11H,5H2,1H3. The van der Waals surface area contributed by atoms with Crippen LogP contribution in [0.4, 0.5) is 0 Å². The summed E-state index contributed by atoms with van der Waals surface area (Å²) < 4.78 is 23.4. The number of nitrogens with one attached hydrogen (secondary N) is 1. The highest BCUT2D eigenvalue weighted by Gasteiger charge is 2.12. The fraction of sp³-hybridized carbons (Fsp3) is 0.250. The Labute approximate surface area is 91.0 Å². The molecular formula is C8H10BrNO3S. The molecule has 0 radical (unpaired) electrons. The van der Waals surface area contributed by atoms with Gasteiger partial charge in [0.2, 0.25) is 0 Å². The summed E-state index contributed by atoms with van der Waals surface area (Å²) in [6, 6.07) is 4.81. The first-order valence-corrected chi connectivity index (χ1v) is 6.49. The van der Waals surface area contributed by atoms with Crippen LogP contribution in [0.15, 0.2) is 27.6 Å². The van der Waals surface area contributed by atoms with E-state index in [-0.39, 0.29) is 11.4 Å². The van der Waals surface area contributed by atoms with E-state index in [4.69, 9.17) is 5.21 Å². The molecule has 0 saturated carbocycles. The van der Waals surface area contributed by atoms with E-state index in [1.807, 2.05) is 5.48 Å². The van der Waals surface area contributed by atoms with Crippen LogP contribution in [0, 0.1) is 0 Å². The van der Waals surface area contributed by atoms with Crippen LogP contribution in [0.3, 0.4) is 0 Å². The van der Waals surface area contributed by atoms with E-state index in [0.717, 1.165) is 10.7 Å². The highest BCUT2D eigenvalue weighted by molar-refractivity contribution is 9.10. The van der Waals surface area contributed by atoms with E-state index in [9.17, 15) is 8.42 Å². The van der Waals surface area contributed by atoms with Crippen molar-refractivity contribution in [3.05, 3.63) is 28.2 Å². The molecule has 1 aromatic rings. The summed E-state index contributed by atoms with van der Waals surface area (Å²) in [6.07, 6.45) is 1.14. The van der Waals surface area contributed by atoms with Crippen LogP contribution in [-0.4, -0.2) is 19.9 Å². The highest BCUT2D eigenvalue weighted by Crippen LogP contribution is 2.20. The minimum absolute atomic E-state index is 0.0991. The van der Waals surface area contributed by atoms with E-state index >= 15 is 0 Å². The number of rotatable bonds is 3. The Bertz CT molecular complexity index is 430. The van der Waals surface area contributed by atoms with E-state index in [2.05, 4.69) is 15.9 Å². The number of sulfone groups is 1. The van der Waals surface area contributed by atoms with Crippen LogP contribution in [0.25, 0.3) is 0 Å². The third-order valence-electron chi connectivity index (χ3n) is 1.69. The smallest absolute Gasteiger partial charge is 0.175 e. The molecule has 0 aliphatic heterocycles. The molecular weight excluding hydrogens is 270 g/mol. The van der Waals surface area contributed by atoms with Crippen LogP contribution in [0.2, 0.25) is 0 Å². The lowest BCUT2D eigenvalue weighted by Crippen LogP contribution is -2.11. The molecule has 0 spiro atoms. The highest BCUT2D eigenvalue weighted by atomic mass is 79.9. The van der Waals surface area contributed by atoms with Gasteiger partial charge in [0.05, 0.1) is 4.90 Å². The molecule has 0 atom stereocenters. The molecule has 0 unspecified atom stereocenters. The zero-order valence-corrected chi connectivity index (χ0v) is 9.89. The molecule has 0 saturated heterocycles. The van der Waals surface area contributed by atoms with E-state index in [1.165, 1.54) is 6.07 Å². The molecule has 1 aromatic carbocycles. The summed E-state index contributed by atoms with van der Waals surface area (Å²) in [6.45, 7) is 0.0991. The van der Waals surface area contributed by atoms with Crippen molar-refractivity contribution >= 4 is 25.8 Å². The minimum Gasteiger partial charge on any atom is -0.316 e. The van der Waals surface area contributed by atoms with Crippen LogP contribution in [0.5, 0.6) is 0 Å². The van der Waals surface area contributed by atoms with Gasteiger partial charge in [-0.2, -0.15) is 0 Å². The van der Waals surface area contributed by atoms with Gasteiger partial charge < -0.3 is 5.21 Å². The molecule has 0 aromatic heterocycles. The first-order valence-electron chi connectivity index (χ1n) is 3.80. The first-order chi connectivity index (χ1) is 6.45. The van der Waals surface area contributed by atoms with Crippen LogP contribution < -0.4 is 5.48 Å². The van der Waals surface area contributed by atoms with Crippen molar-refractivity contribution in [2.75, 3.05) is 6.26 Å².